The molecule has 3 aromatic heterocycles. The number of aromatic nitrogens is 2. The first kappa shape index (κ1) is 18.0. The molecule has 148 valence electrons. The zero-order chi connectivity index (χ0) is 20.8. The third-order valence-electron chi connectivity index (χ3n) is 6.11. The van der Waals surface area contributed by atoms with Crippen LogP contribution in [0.25, 0.3) is 49.0 Å². The Bertz CT molecular complexity index is 1620. The maximum atomic E-state index is 6.57. The Kier molecular flexibility index (Phi) is 3.51. The summed E-state index contributed by atoms with van der Waals surface area (Å²) in [6.45, 7) is 9.05. The van der Waals surface area contributed by atoms with Crippen LogP contribution in [0.3, 0.4) is 0 Å². The Hall–Kier alpha value is -2.84. The summed E-state index contributed by atoms with van der Waals surface area (Å²) in [6.07, 6.45) is 2.94. The zero-order valence-electron chi connectivity index (χ0n) is 17.7. The number of fused-ring (bicyclic) bond motifs is 5. The molecule has 0 aliphatic heterocycles. The lowest BCUT2D eigenvalue weighted by Gasteiger charge is -2.18. The van der Waals surface area contributed by atoms with Crippen molar-refractivity contribution in [3.8, 4) is 0 Å². The first-order valence-electron chi connectivity index (χ1n) is 10.5. The summed E-state index contributed by atoms with van der Waals surface area (Å²) in [5.74, 6) is 0. The number of hydrogen-bond donors (Lipinski definition) is 0. The maximum absolute atomic E-state index is 6.57. The number of benzene rings is 3. The van der Waals surface area contributed by atoms with E-state index in [0.717, 1.165) is 27.9 Å². The van der Waals surface area contributed by atoms with Crippen LogP contribution in [0, 0.1) is 12.3 Å². The molecule has 2 nitrogen and oxygen atoms in total. The minimum atomic E-state index is 0.239. The second-order valence-corrected chi connectivity index (χ2v) is 10.3. The Morgan fingerprint density at radius 3 is 2.50 bits per heavy atom. The minimum absolute atomic E-state index is 0.239. The van der Waals surface area contributed by atoms with Gasteiger partial charge in [-0.2, -0.15) is 0 Å². The fraction of sp³-hybridized carbons (Fsp3) is 0.222. The molecule has 0 fully saturated rings. The van der Waals surface area contributed by atoms with Gasteiger partial charge in [0, 0.05) is 32.8 Å². The van der Waals surface area contributed by atoms with Gasteiger partial charge in [0.25, 0.3) is 0 Å². The van der Waals surface area contributed by atoms with Crippen LogP contribution in [0.4, 0.5) is 0 Å². The molecule has 0 aliphatic carbocycles. The summed E-state index contributed by atoms with van der Waals surface area (Å²) in [6, 6.07) is 17.7. The zero-order valence-corrected chi connectivity index (χ0v) is 18.4. The summed E-state index contributed by atoms with van der Waals surface area (Å²) in [5.41, 5.74) is 7.52. The van der Waals surface area contributed by atoms with Crippen molar-refractivity contribution >= 4 is 60.6 Å². The molecule has 0 spiro atoms. The van der Waals surface area contributed by atoms with Crippen molar-refractivity contribution in [2.75, 3.05) is 0 Å². The average molecular weight is 411 g/mol. The Balaban J connectivity index is 1.92. The minimum Gasteiger partial charge on any atom is -0.308 e. The predicted octanol–water partition coefficient (Wildman–Crippen LogP) is 7.94. The SMILES string of the molecule is Cc1cc2c3ccc(CC(C)(C)C)cc3n3c4cc(Cl)cc5ccnc(c(c1)c23)c54. The van der Waals surface area contributed by atoms with Crippen LogP contribution in [0.2, 0.25) is 5.02 Å². The second-order valence-electron chi connectivity index (χ2n) is 9.82. The topological polar surface area (TPSA) is 17.3 Å². The normalized spacial score (nSPS) is 13.0. The van der Waals surface area contributed by atoms with Gasteiger partial charge in [0.1, 0.15) is 0 Å². The molecule has 0 amide bonds. The lowest BCUT2D eigenvalue weighted by molar-refractivity contribution is 0.411. The summed E-state index contributed by atoms with van der Waals surface area (Å²) < 4.78 is 2.41. The van der Waals surface area contributed by atoms with Gasteiger partial charge in [-0.25, -0.2) is 0 Å². The van der Waals surface area contributed by atoms with Gasteiger partial charge in [-0.15, -0.1) is 0 Å². The van der Waals surface area contributed by atoms with E-state index in [9.17, 15) is 0 Å². The molecule has 6 aromatic rings. The molecule has 6 rings (SSSR count). The smallest absolute Gasteiger partial charge is 0.0822 e. The molecule has 0 unspecified atom stereocenters. The van der Waals surface area contributed by atoms with Crippen LogP contribution in [0.5, 0.6) is 0 Å². The molecular formula is C27H23ClN2. The van der Waals surface area contributed by atoms with Gasteiger partial charge < -0.3 is 4.40 Å². The average Bonchev–Trinajstić information content (AvgIpc) is 2.98. The number of rotatable bonds is 1. The molecule has 0 atom stereocenters. The molecule has 3 heteroatoms. The fourth-order valence-corrected chi connectivity index (χ4v) is 5.35. The molecule has 3 heterocycles. The van der Waals surface area contributed by atoms with Crippen LogP contribution in [-0.2, 0) is 6.42 Å². The lowest BCUT2D eigenvalue weighted by Crippen LogP contribution is -2.08. The molecule has 0 saturated heterocycles. The van der Waals surface area contributed by atoms with Crippen LogP contribution in [0.1, 0.15) is 31.9 Å². The van der Waals surface area contributed by atoms with E-state index in [0.29, 0.717) is 0 Å². The van der Waals surface area contributed by atoms with E-state index in [1.165, 1.54) is 43.7 Å². The first-order chi connectivity index (χ1) is 14.3. The molecule has 30 heavy (non-hydrogen) atoms. The van der Waals surface area contributed by atoms with Crippen molar-refractivity contribution in [2.24, 2.45) is 5.41 Å². The Labute approximate surface area is 180 Å². The van der Waals surface area contributed by atoms with Crippen molar-refractivity contribution in [3.63, 3.8) is 0 Å². The molecule has 0 aliphatic rings. The van der Waals surface area contributed by atoms with Crippen molar-refractivity contribution in [1.29, 1.82) is 0 Å². The van der Waals surface area contributed by atoms with E-state index in [2.05, 4.69) is 74.6 Å². The Morgan fingerprint density at radius 1 is 0.900 bits per heavy atom. The monoisotopic (exact) mass is 410 g/mol. The number of halogens is 1. The standard InChI is InChI=1S/C27H23ClN2/c1-15-9-20-19-6-5-16(14-27(2,3)4)11-22(19)30-23-13-18(28)12-17-7-8-29-25(24(17)23)21(10-15)26(20)30/h5-13H,14H2,1-4H3. The molecule has 0 bridgehead atoms. The second kappa shape index (κ2) is 5.86. The van der Waals surface area contributed by atoms with E-state index in [1.54, 1.807) is 0 Å². The highest BCUT2D eigenvalue weighted by Gasteiger charge is 2.20. The number of aryl methyl sites for hydroxylation is 1. The van der Waals surface area contributed by atoms with Crippen molar-refractivity contribution in [2.45, 2.75) is 34.1 Å². The third kappa shape index (κ3) is 2.47. The van der Waals surface area contributed by atoms with Crippen LogP contribution in [-0.4, -0.2) is 9.38 Å². The summed E-state index contributed by atoms with van der Waals surface area (Å²) in [5, 5.41) is 6.85. The van der Waals surface area contributed by atoms with Crippen LogP contribution >= 0.6 is 11.6 Å². The van der Waals surface area contributed by atoms with Crippen LogP contribution in [0.15, 0.2) is 54.7 Å². The summed E-state index contributed by atoms with van der Waals surface area (Å²) >= 11 is 6.57. The van der Waals surface area contributed by atoms with Crippen LogP contribution < -0.4 is 0 Å². The van der Waals surface area contributed by atoms with Gasteiger partial charge in [-0.05, 0) is 71.7 Å². The Morgan fingerprint density at radius 2 is 1.70 bits per heavy atom. The predicted molar refractivity (Wildman–Crippen MR) is 129 cm³/mol. The molecule has 3 aromatic carbocycles. The highest BCUT2D eigenvalue weighted by Crippen LogP contribution is 2.41. The quantitative estimate of drug-likeness (QED) is 0.198. The van der Waals surface area contributed by atoms with Gasteiger partial charge in [-0.1, -0.05) is 44.5 Å². The largest absolute Gasteiger partial charge is 0.308 e. The fourth-order valence-electron chi connectivity index (χ4n) is 5.13. The van der Waals surface area contributed by atoms with Gasteiger partial charge >= 0.3 is 0 Å². The first-order valence-corrected chi connectivity index (χ1v) is 10.8. The maximum Gasteiger partial charge on any atom is 0.0822 e. The van der Waals surface area contributed by atoms with E-state index in [-0.39, 0.29) is 5.41 Å². The van der Waals surface area contributed by atoms with E-state index < -0.39 is 0 Å². The highest BCUT2D eigenvalue weighted by molar-refractivity contribution is 6.34. The lowest BCUT2D eigenvalue weighted by atomic mass is 9.88. The van der Waals surface area contributed by atoms with Gasteiger partial charge in [-0.3, -0.25) is 4.98 Å². The van der Waals surface area contributed by atoms with Crippen molar-refractivity contribution in [3.05, 3.63) is 70.9 Å². The molecular weight excluding hydrogens is 388 g/mol. The van der Waals surface area contributed by atoms with E-state index >= 15 is 0 Å². The van der Waals surface area contributed by atoms with Gasteiger partial charge in [0.05, 0.1) is 22.1 Å². The molecule has 0 saturated carbocycles. The molecule has 0 radical (unpaired) electrons. The van der Waals surface area contributed by atoms with Gasteiger partial charge in [0.2, 0.25) is 0 Å². The van der Waals surface area contributed by atoms with Crippen molar-refractivity contribution < 1.29 is 0 Å². The third-order valence-corrected chi connectivity index (χ3v) is 6.33. The highest BCUT2D eigenvalue weighted by atomic mass is 35.5. The number of hydrogen-bond acceptors (Lipinski definition) is 1. The van der Waals surface area contributed by atoms with E-state index in [4.69, 9.17) is 16.6 Å². The van der Waals surface area contributed by atoms with E-state index in [1.807, 2.05) is 12.3 Å². The summed E-state index contributed by atoms with van der Waals surface area (Å²) in [4.78, 5) is 4.81. The number of nitrogens with zero attached hydrogens (tertiary/aromatic N) is 2. The number of pyridine rings is 2. The summed E-state index contributed by atoms with van der Waals surface area (Å²) in [7, 11) is 0. The van der Waals surface area contributed by atoms with Gasteiger partial charge in [0.15, 0.2) is 0 Å². The molecule has 0 N–H and O–H groups in total. The van der Waals surface area contributed by atoms with Crippen molar-refractivity contribution in [1.82, 2.24) is 9.38 Å².